The van der Waals surface area contributed by atoms with Crippen LogP contribution in [-0.2, 0) is 0 Å². The van der Waals surface area contributed by atoms with Crippen molar-refractivity contribution in [2.45, 2.75) is 52.0 Å². The highest BCUT2D eigenvalue weighted by Crippen LogP contribution is 2.22. The van der Waals surface area contributed by atoms with E-state index in [1.54, 1.807) is 19.4 Å². The first kappa shape index (κ1) is 18.4. The Labute approximate surface area is 155 Å². The zero-order valence-corrected chi connectivity index (χ0v) is 15.9. The molecule has 1 aliphatic heterocycles. The van der Waals surface area contributed by atoms with Crippen molar-refractivity contribution in [2.75, 3.05) is 30.4 Å². The molecule has 0 aliphatic carbocycles. The third-order valence-electron chi connectivity index (χ3n) is 4.79. The van der Waals surface area contributed by atoms with Crippen molar-refractivity contribution in [3.05, 3.63) is 29.7 Å². The molecular formula is C19H28N6O. The fraction of sp³-hybridized carbons (Fsp3) is 0.579. The minimum Gasteiger partial charge on any atom is -0.481 e. The molecule has 1 atom stereocenters. The average molecular weight is 356 g/mol. The molecule has 2 aromatic heterocycles. The topological polar surface area (TPSA) is 76.1 Å². The summed E-state index contributed by atoms with van der Waals surface area (Å²) in [6.07, 6.45) is 9.99. The largest absolute Gasteiger partial charge is 0.481 e. The van der Waals surface area contributed by atoms with Crippen molar-refractivity contribution in [1.82, 2.24) is 19.9 Å². The Bertz CT molecular complexity index is 715. The van der Waals surface area contributed by atoms with Crippen LogP contribution in [-0.4, -0.2) is 40.1 Å². The Morgan fingerprint density at radius 3 is 2.50 bits per heavy atom. The average Bonchev–Trinajstić information content (AvgIpc) is 2.61. The monoisotopic (exact) mass is 356 g/mol. The molecular weight excluding hydrogens is 328 g/mol. The summed E-state index contributed by atoms with van der Waals surface area (Å²) in [6.45, 7) is 6.19. The fourth-order valence-electron chi connectivity index (χ4n) is 3.29. The van der Waals surface area contributed by atoms with Crippen LogP contribution in [0.15, 0.2) is 18.5 Å². The van der Waals surface area contributed by atoms with E-state index in [9.17, 15) is 0 Å². The summed E-state index contributed by atoms with van der Waals surface area (Å²) in [7, 11) is 1.59. The van der Waals surface area contributed by atoms with Crippen LogP contribution >= 0.6 is 0 Å². The summed E-state index contributed by atoms with van der Waals surface area (Å²) in [5.74, 6) is 1.91. The summed E-state index contributed by atoms with van der Waals surface area (Å²) in [6, 6.07) is 1.73. The number of anilines is 2. The highest BCUT2D eigenvalue weighted by Gasteiger charge is 2.16. The normalized spacial score (nSPS) is 16.5. The molecule has 26 heavy (non-hydrogen) atoms. The summed E-state index contributed by atoms with van der Waals surface area (Å²) < 4.78 is 5.15. The quantitative estimate of drug-likeness (QED) is 0.878. The number of aryl methyl sites for hydroxylation is 1. The van der Waals surface area contributed by atoms with E-state index in [1.807, 2.05) is 13.1 Å². The van der Waals surface area contributed by atoms with Crippen LogP contribution < -0.4 is 15.0 Å². The van der Waals surface area contributed by atoms with Crippen molar-refractivity contribution in [2.24, 2.45) is 0 Å². The second-order valence-electron chi connectivity index (χ2n) is 6.75. The third-order valence-corrected chi connectivity index (χ3v) is 4.79. The van der Waals surface area contributed by atoms with Crippen LogP contribution in [0.4, 0.5) is 11.9 Å². The van der Waals surface area contributed by atoms with Crippen LogP contribution in [0.1, 0.15) is 56.3 Å². The van der Waals surface area contributed by atoms with E-state index in [0.717, 1.165) is 30.3 Å². The molecule has 3 heterocycles. The van der Waals surface area contributed by atoms with Gasteiger partial charge in [-0.25, -0.2) is 15.0 Å². The van der Waals surface area contributed by atoms with E-state index in [4.69, 9.17) is 9.72 Å². The van der Waals surface area contributed by atoms with Gasteiger partial charge in [-0.1, -0.05) is 19.3 Å². The standard InChI is InChI=1S/C19H28N6O/c1-14(22-18-20-10-9-17(24-18)26-3)16-13-21-19(23-15(16)2)25-11-7-5-4-6-8-12-25/h9-10,13-14H,4-8,11-12H2,1-3H3,(H,20,22,24). The lowest BCUT2D eigenvalue weighted by atomic mass is 10.1. The number of rotatable bonds is 5. The highest BCUT2D eigenvalue weighted by molar-refractivity contribution is 5.37. The van der Waals surface area contributed by atoms with Gasteiger partial charge in [-0.3, -0.25) is 0 Å². The predicted octanol–water partition coefficient (Wildman–Crippen LogP) is 3.53. The van der Waals surface area contributed by atoms with Crippen molar-refractivity contribution in [3.8, 4) is 5.88 Å². The van der Waals surface area contributed by atoms with Crippen LogP contribution in [0.5, 0.6) is 5.88 Å². The molecule has 0 bridgehead atoms. The SMILES string of the molecule is COc1ccnc(NC(C)c2cnc(N3CCCCCCC3)nc2C)n1. The first-order valence-corrected chi connectivity index (χ1v) is 9.39. The smallest absolute Gasteiger partial charge is 0.226 e. The second kappa shape index (κ2) is 8.78. The van der Waals surface area contributed by atoms with Crippen LogP contribution in [0.3, 0.4) is 0 Å². The lowest BCUT2D eigenvalue weighted by molar-refractivity contribution is 0.397. The number of nitrogens with zero attached hydrogens (tertiary/aromatic N) is 5. The Balaban J connectivity index is 1.71. The molecule has 1 saturated heterocycles. The molecule has 7 nitrogen and oxygen atoms in total. The van der Waals surface area contributed by atoms with Crippen LogP contribution in [0, 0.1) is 6.92 Å². The van der Waals surface area contributed by atoms with Gasteiger partial charge in [0.25, 0.3) is 0 Å². The molecule has 0 amide bonds. The molecule has 7 heteroatoms. The first-order chi connectivity index (χ1) is 12.7. The molecule has 140 valence electrons. The van der Waals surface area contributed by atoms with Gasteiger partial charge in [0.2, 0.25) is 17.8 Å². The van der Waals surface area contributed by atoms with Crippen molar-refractivity contribution in [3.63, 3.8) is 0 Å². The van der Waals surface area contributed by atoms with Gasteiger partial charge in [-0.15, -0.1) is 0 Å². The van der Waals surface area contributed by atoms with Crippen LogP contribution in [0.2, 0.25) is 0 Å². The number of methoxy groups -OCH3 is 1. The number of aromatic nitrogens is 4. The minimum atomic E-state index is 0.00323. The van der Waals surface area contributed by atoms with E-state index >= 15 is 0 Å². The molecule has 2 aromatic rings. The van der Waals surface area contributed by atoms with Gasteiger partial charge in [0.15, 0.2) is 0 Å². The van der Waals surface area contributed by atoms with E-state index in [-0.39, 0.29) is 6.04 Å². The maximum Gasteiger partial charge on any atom is 0.226 e. The van der Waals surface area contributed by atoms with Gasteiger partial charge < -0.3 is 15.0 Å². The fourth-order valence-corrected chi connectivity index (χ4v) is 3.29. The molecule has 1 N–H and O–H groups in total. The summed E-state index contributed by atoms with van der Waals surface area (Å²) in [4.78, 5) is 20.3. The van der Waals surface area contributed by atoms with E-state index in [2.05, 4.69) is 32.1 Å². The van der Waals surface area contributed by atoms with Gasteiger partial charge in [-0.2, -0.15) is 4.98 Å². The van der Waals surface area contributed by atoms with E-state index < -0.39 is 0 Å². The number of hydrogen-bond acceptors (Lipinski definition) is 7. The number of nitrogens with one attached hydrogen (secondary N) is 1. The molecule has 1 unspecified atom stereocenters. The van der Waals surface area contributed by atoms with Gasteiger partial charge in [0.05, 0.1) is 13.2 Å². The highest BCUT2D eigenvalue weighted by atomic mass is 16.5. The molecule has 0 radical (unpaired) electrons. The zero-order valence-electron chi connectivity index (χ0n) is 15.9. The minimum absolute atomic E-state index is 0.00323. The predicted molar refractivity (Wildman–Crippen MR) is 103 cm³/mol. The Morgan fingerprint density at radius 2 is 1.81 bits per heavy atom. The second-order valence-corrected chi connectivity index (χ2v) is 6.75. The summed E-state index contributed by atoms with van der Waals surface area (Å²) >= 11 is 0. The maximum atomic E-state index is 5.15. The van der Waals surface area contributed by atoms with Gasteiger partial charge >= 0.3 is 0 Å². The lowest BCUT2D eigenvalue weighted by Crippen LogP contribution is -2.29. The van der Waals surface area contributed by atoms with E-state index in [0.29, 0.717) is 11.8 Å². The first-order valence-electron chi connectivity index (χ1n) is 9.39. The van der Waals surface area contributed by atoms with Crippen molar-refractivity contribution < 1.29 is 4.74 Å². The molecule has 3 rings (SSSR count). The maximum absolute atomic E-state index is 5.15. The molecule has 1 fully saturated rings. The molecule has 1 aliphatic rings. The van der Waals surface area contributed by atoms with Gasteiger partial charge in [0, 0.05) is 42.8 Å². The lowest BCUT2D eigenvalue weighted by Gasteiger charge is -2.25. The van der Waals surface area contributed by atoms with Crippen molar-refractivity contribution in [1.29, 1.82) is 0 Å². The van der Waals surface area contributed by atoms with Crippen LogP contribution in [0.25, 0.3) is 0 Å². The van der Waals surface area contributed by atoms with Gasteiger partial charge in [0.1, 0.15) is 0 Å². The zero-order chi connectivity index (χ0) is 18.4. The molecule has 0 spiro atoms. The number of ether oxygens (including phenoxy) is 1. The number of hydrogen-bond donors (Lipinski definition) is 1. The van der Waals surface area contributed by atoms with E-state index in [1.165, 1.54) is 32.1 Å². The molecule has 0 aromatic carbocycles. The Morgan fingerprint density at radius 1 is 1.08 bits per heavy atom. The Hall–Kier alpha value is -2.44. The summed E-state index contributed by atoms with van der Waals surface area (Å²) in [5, 5.41) is 3.30. The van der Waals surface area contributed by atoms with Crippen molar-refractivity contribution >= 4 is 11.9 Å². The summed E-state index contributed by atoms with van der Waals surface area (Å²) in [5.41, 5.74) is 2.03. The Kier molecular flexibility index (Phi) is 6.20. The third kappa shape index (κ3) is 4.59. The molecule has 0 saturated carbocycles. The van der Waals surface area contributed by atoms with Gasteiger partial charge in [-0.05, 0) is 26.7 Å².